The molecular formula is C15H24N4O. The maximum atomic E-state index is 9.27. The first-order chi connectivity index (χ1) is 9.67. The van der Waals surface area contributed by atoms with Crippen LogP contribution in [0.2, 0.25) is 0 Å². The van der Waals surface area contributed by atoms with Gasteiger partial charge in [-0.3, -0.25) is 5.41 Å². The summed E-state index contributed by atoms with van der Waals surface area (Å²) in [6, 6.07) is 2.02. The molecule has 0 saturated heterocycles. The number of nitrogen functional groups attached to an aromatic ring is 1. The number of pyridine rings is 1. The number of fused-ring (bicyclic) bond motifs is 1. The zero-order chi connectivity index (χ0) is 14.5. The number of nitrogens with zero attached hydrogens (tertiary/aromatic N) is 2. The SMILES string of the molecule is CCCCN(CCO)c1nc2c(cc1C(=N)N)CCC2. The minimum atomic E-state index is 0.0571. The van der Waals surface area contributed by atoms with Crippen molar-refractivity contribution in [3.63, 3.8) is 0 Å². The van der Waals surface area contributed by atoms with Crippen LogP contribution in [0.4, 0.5) is 5.82 Å². The lowest BCUT2D eigenvalue weighted by Gasteiger charge is -2.25. The standard InChI is InChI=1S/C15H24N4O/c1-2-3-7-19(8-9-20)15-12(14(16)17)10-11-5-4-6-13(11)18-15/h10,20H,2-9H2,1H3,(H3,16,17). The predicted molar refractivity (Wildman–Crippen MR) is 81.5 cm³/mol. The summed E-state index contributed by atoms with van der Waals surface area (Å²) < 4.78 is 0. The van der Waals surface area contributed by atoms with E-state index in [1.807, 2.05) is 6.07 Å². The number of aromatic nitrogens is 1. The van der Waals surface area contributed by atoms with Crippen LogP contribution in [0.15, 0.2) is 6.07 Å². The lowest BCUT2D eigenvalue weighted by molar-refractivity contribution is 0.301. The van der Waals surface area contributed by atoms with Gasteiger partial charge in [0.15, 0.2) is 0 Å². The smallest absolute Gasteiger partial charge is 0.139 e. The number of anilines is 1. The first kappa shape index (κ1) is 14.8. The van der Waals surface area contributed by atoms with Gasteiger partial charge in [0.05, 0.1) is 12.2 Å². The third-order valence-corrected chi connectivity index (χ3v) is 3.77. The molecule has 110 valence electrons. The lowest BCUT2D eigenvalue weighted by Crippen LogP contribution is -2.31. The van der Waals surface area contributed by atoms with Crippen molar-refractivity contribution in [3.8, 4) is 0 Å². The van der Waals surface area contributed by atoms with Crippen LogP contribution >= 0.6 is 0 Å². The van der Waals surface area contributed by atoms with Gasteiger partial charge in [0.2, 0.25) is 0 Å². The van der Waals surface area contributed by atoms with Gasteiger partial charge in [-0.25, -0.2) is 4.98 Å². The van der Waals surface area contributed by atoms with Crippen LogP contribution in [0.5, 0.6) is 0 Å². The van der Waals surface area contributed by atoms with Gasteiger partial charge in [-0.15, -0.1) is 0 Å². The van der Waals surface area contributed by atoms with E-state index in [2.05, 4.69) is 11.8 Å². The van der Waals surface area contributed by atoms with E-state index in [-0.39, 0.29) is 12.4 Å². The molecule has 5 nitrogen and oxygen atoms in total. The fraction of sp³-hybridized carbons (Fsp3) is 0.600. The Labute approximate surface area is 120 Å². The van der Waals surface area contributed by atoms with Crippen molar-refractivity contribution in [1.82, 2.24) is 4.98 Å². The van der Waals surface area contributed by atoms with E-state index >= 15 is 0 Å². The topological polar surface area (TPSA) is 86.2 Å². The van der Waals surface area contributed by atoms with E-state index in [1.165, 1.54) is 5.56 Å². The van der Waals surface area contributed by atoms with E-state index in [0.29, 0.717) is 12.1 Å². The van der Waals surface area contributed by atoms with Gasteiger partial charge in [-0.1, -0.05) is 13.3 Å². The summed E-state index contributed by atoms with van der Waals surface area (Å²) in [6.07, 6.45) is 5.27. The molecule has 0 amide bonds. The Hall–Kier alpha value is -1.62. The van der Waals surface area contributed by atoms with Gasteiger partial charge in [-0.05, 0) is 37.3 Å². The molecule has 0 fully saturated rings. The average Bonchev–Trinajstić information content (AvgIpc) is 2.89. The second-order valence-electron chi connectivity index (χ2n) is 5.30. The van der Waals surface area contributed by atoms with Crippen LogP contribution in [-0.2, 0) is 12.8 Å². The molecule has 0 spiro atoms. The summed E-state index contributed by atoms with van der Waals surface area (Å²) >= 11 is 0. The number of rotatable bonds is 7. The number of nitrogens with one attached hydrogen (secondary N) is 1. The van der Waals surface area contributed by atoms with E-state index in [4.69, 9.17) is 16.1 Å². The maximum absolute atomic E-state index is 9.27. The Morgan fingerprint density at radius 2 is 2.25 bits per heavy atom. The fourth-order valence-corrected chi connectivity index (χ4v) is 2.69. The first-order valence-corrected chi connectivity index (χ1v) is 7.40. The zero-order valence-corrected chi connectivity index (χ0v) is 12.2. The molecule has 0 aliphatic heterocycles. The van der Waals surface area contributed by atoms with Crippen LogP contribution in [0.3, 0.4) is 0 Å². The van der Waals surface area contributed by atoms with Crippen molar-refractivity contribution < 1.29 is 5.11 Å². The van der Waals surface area contributed by atoms with E-state index in [0.717, 1.165) is 50.2 Å². The molecule has 1 aromatic rings. The van der Waals surface area contributed by atoms with Crippen molar-refractivity contribution in [2.75, 3.05) is 24.6 Å². The van der Waals surface area contributed by atoms with Crippen molar-refractivity contribution in [2.45, 2.75) is 39.0 Å². The van der Waals surface area contributed by atoms with E-state index < -0.39 is 0 Å². The van der Waals surface area contributed by atoms with Gasteiger partial charge in [-0.2, -0.15) is 0 Å². The van der Waals surface area contributed by atoms with Gasteiger partial charge in [0.25, 0.3) is 0 Å². The van der Waals surface area contributed by atoms with Gasteiger partial charge in [0, 0.05) is 18.8 Å². The molecule has 1 heterocycles. The highest BCUT2D eigenvalue weighted by molar-refractivity contribution is 6.00. The molecule has 2 rings (SSSR count). The van der Waals surface area contributed by atoms with Crippen molar-refractivity contribution in [1.29, 1.82) is 5.41 Å². The molecule has 0 bridgehead atoms. The molecule has 1 aliphatic rings. The monoisotopic (exact) mass is 276 g/mol. The van der Waals surface area contributed by atoms with Gasteiger partial charge < -0.3 is 15.7 Å². The van der Waals surface area contributed by atoms with Crippen LogP contribution in [0, 0.1) is 5.41 Å². The number of amidine groups is 1. The third kappa shape index (κ3) is 3.10. The van der Waals surface area contributed by atoms with Crippen molar-refractivity contribution in [3.05, 3.63) is 22.9 Å². The molecule has 0 atom stereocenters. The molecule has 20 heavy (non-hydrogen) atoms. The van der Waals surface area contributed by atoms with Crippen LogP contribution < -0.4 is 10.6 Å². The Kier molecular flexibility index (Phi) is 4.95. The van der Waals surface area contributed by atoms with E-state index in [1.54, 1.807) is 0 Å². The number of nitrogens with two attached hydrogens (primary N) is 1. The highest BCUT2D eigenvalue weighted by Gasteiger charge is 2.20. The zero-order valence-electron chi connectivity index (χ0n) is 12.2. The number of aliphatic hydroxyl groups is 1. The van der Waals surface area contributed by atoms with Gasteiger partial charge >= 0.3 is 0 Å². The molecule has 5 heteroatoms. The second kappa shape index (κ2) is 6.70. The molecule has 0 radical (unpaired) electrons. The summed E-state index contributed by atoms with van der Waals surface area (Å²) in [5.74, 6) is 0.822. The Bertz CT molecular complexity index is 487. The molecule has 1 aliphatic carbocycles. The van der Waals surface area contributed by atoms with Crippen LogP contribution in [0.1, 0.15) is 43.0 Å². The quantitative estimate of drug-likeness (QED) is 0.520. The minimum absolute atomic E-state index is 0.0571. The molecular weight excluding hydrogens is 252 g/mol. The summed E-state index contributed by atoms with van der Waals surface area (Å²) in [5.41, 5.74) is 8.78. The van der Waals surface area contributed by atoms with Gasteiger partial charge in [0.1, 0.15) is 11.7 Å². The number of aliphatic hydroxyl groups excluding tert-OH is 1. The highest BCUT2D eigenvalue weighted by atomic mass is 16.3. The number of hydrogen-bond donors (Lipinski definition) is 3. The summed E-state index contributed by atoms with van der Waals surface area (Å²) in [7, 11) is 0. The number of hydrogen-bond acceptors (Lipinski definition) is 4. The maximum Gasteiger partial charge on any atom is 0.139 e. The molecule has 0 unspecified atom stereocenters. The fourth-order valence-electron chi connectivity index (χ4n) is 2.69. The second-order valence-corrected chi connectivity index (χ2v) is 5.30. The predicted octanol–water partition coefficient (Wildman–Crippen LogP) is 1.45. The Morgan fingerprint density at radius 3 is 2.90 bits per heavy atom. The molecule has 1 aromatic heterocycles. The van der Waals surface area contributed by atoms with Crippen molar-refractivity contribution in [2.24, 2.45) is 5.73 Å². The van der Waals surface area contributed by atoms with Crippen LogP contribution in [0.25, 0.3) is 0 Å². The summed E-state index contributed by atoms with van der Waals surface area (Å²) in [6.45, 7) is 3.59. The van der Waals surface area contributed by atoms with Crippen LogP contribution in [-0.4, -0.2) is 35.6 Å². The Morgan fingerprint density at radius 1 is 1.45 bits per heavy atom. The molecule has 4 N–H and O–H groups in total. The average molecular weight is 276 g/mol. The third-order valence-electron chi connectivity index (χ3n) is 3.77. The first-order valence-electron chi connectivity index (χ1n) is 7.40. The largest absolute Gasteiger partial charge is 0.395 e. The normalized spacial score (nSPS) is 13.3. The molecule has 0 saturated carbocycles. The summed E-state index contributed by atoms with van der Waals surface area (Å²) in [4.78, 5) is 6.79. The molecule has 0 aromatic carbocycles. The Balaban J connectivity index is 2.38. The summed E-state index contributed by atoms with van der Waals surface area (Å²) in [5, 5.41) is 17.1. The van der Waals surface area contributed by atoms with Crippen molar-refractivity contribution >= 4 is 11.7 Å². The number of unbranched alkanes of at least 4 members (excludes halogenated alkanes) is 1. The number of aryl methyl sites for hydroxylation is 2. The highest BCUT2D eigenvalue weighted by Crippen LogP contribution is 2.27. The van der Waals surface area contributed by atoms with E-state index in [9.17, 15) is 5.11 Å². The lowest BCUT2D eigenvalue weighted by atomic mass is 10.1. The minimum Gasteiger partial charge on any atom is -0.395 e.